The molecule has 0 radical (unpaired) electrons. The van der Waals surface area contributed by atoms with Crippen molar-refractivity contribution in [1.82, 2.24) is 4.57 Å². The molecule has 0 spiro atoms. The lowest BCUT2D eigenvalue weighted by Crippen LogP contribution is -2.25. The van der Waals surface area contributed by atoms with Crippen molar-refractivity contribution in [2.75, 3.05) is 6.61 Å². The van der Waals surface area contributed by atoms with Crippen LogP contribution < -0.4 is 5.56 Å². The number of ether oxygens (including phenoxy) is 1. The van der Waals surface area contributed by atoms with E-state index in [-0.39, 0.29) is 18.8 Å². The Bertz CT molecular complexity index is 474. The van der Waals surface area contributed by atoms with Gasteiger partial charge >= 0.3 is 0 Å². The van der Waals surface area contributed by atoms with Crippen LogP contribution in [0.1, 0.15) is 12.6 Å². The van der Waals surface area contributed by atoms with Crippen LogP contribution in [0.3, 0.4) is 0 Å². The van der Waals surface area contributed by atoms with E-state index in [1.54, 1.807) is 0 Å². The van der Waals surface area contributed by atoms with E-state index in [9.17, 15) is 15.0 Å². The van der Waals surface area contributed by atoms with E-state index >= 15 is 0 Å². The van der Waals surface area contributed by atoms with E-state index < -0.39 is 24.0 Å². The normalized spacial score (nSPS) is 28.5. The van der Waals surface area contributed by atoms with Crippen LogP contribution in [0.4, 0.5) is 0 Å². The Kier molecular flexibility index (Phi) is 3.71. The first-order chi connectivity index (χ1) is 8.02. The largest absolute Gasteiger partial charge is 0.507 e. The van der Waals surface area contributed by atoms with E-state index in [1.165, 1.54) is 10.8 Å². The average Bonchev–Trinajstić information content (AvgIpc) is 2.65. The minimum atomic E-state index is -0.789. The molecule has 0 saturated carbocycles. The van der Waals surface area contributed by atoms with Crippen LogP contribution >= 0.6 is 22.6 Å². The zero-order chi connectivity index (χ0) is 12.6. The molecular formula is C10H12INO5. The minimum Gasteiger partial charge on any atom is -0.507 e. The van der Waals surface area contributed by atoms with Crippen LogP contribution in [0.25, 0.3) is 0 Å². The lowest BCUT2D eigenvalue weighted by Gasteiger charge is -2.15. The third kappa shape index (κ3) is 2.46. The van der Waals surface area contributed by atoms with E-state index in [4.69, 9.17) is 9.84 Å². The minimum absolute atomic E-state index is 0.0795. The molecule has 17 heavy (non-hydrogen) atoms. The van der Waals surface area contributed by atoms with Crippen LogP contribution in [0.2, 0.25) is 0 Å². The second kappa shape index (κ2) is 4.92. The molecule has 1 aliphatic heterocycles. The van der Waals surface area contributed by atoms with Gasteiger partial charge in [0.25, 0.3) is 5.56 Å². The molecule has 1 saturated heterocycles. The monoisotopic (exact) mass is 353 g/mol. The number of hydrogen-bond acceptors (Lipinski definition) is 5. The summed E-state index contributed by atoms with van der Waals surface area (Å²) in [5, 5.41) is 27.9. The third-order valence-corrected chi connectivity index (χ3v) is 3.54. The number of hydrogen-bond donors (Lipinski definition) is 3. The summed E-state index contributed by atoms with van der Waals surface area (Å²) >= 11 is 1.90. The smallest absolute Gasteiger partial charge is 0.256 e. The maximum Gasteiger partial charge on any atom is 0.256 e. The highest BCUT2D eigenvalue weighted by molar-refractivity contribution is 14.1. The number of aromatic nitrogens is 1. The number of nitrogens with zero attached hydrogens (tertiary/aromatic N) is 1. The standard InChI is InChI=1S/C10H12INO5/c11-5-3-12(9(16)1-6(5)14)10-2-7(15)8(4-13)17-10/h1,3,7-8,10,13-15H,2,4H2/t7-,8+,10+/m0/s1. The van der Waals surface area contributed by atoms with Crippen molar-refractivity contribution < 1.29 is 20.1 Å². The van der Waals surface area contributed by atoms with Crippen molar-refractivity contribution >= 4 is 22.6 Å². The van der Waals surface area contributed by atoms with Gasteiger partial charge in [-0.15, -0.1) is 0 Å². The molecule has 0 amide bonds. The van der Waals surface area contributed by atoms with Gasteiger partial charge in [0.15, 0.2) is 0 Å². The molecule has 2 rings (SSSR count). The first kappa shape index (κ1) is 12.8. The van der Waals surface area contributed by atoms with Gasteiger partial charge in [0.1, 0.15) is 18.1 Å². The van der Waals surface area contributed by atoms with Gasteiger partial charge in [-0.25, -0.2) is 0 Å². The molecule has 0 aliphatic carbocycles. The molecule has 3 atom stereocenters. The van der Waals surface area contributed by atoms with Crippen molar-refractivity contribution in [3.63, 3.8) is 0 Å². The number of pyridine rings is 1. The lowest BCUT2D eigenvalue weighted by atomic mass is 10.2. The molecule has 7 heteroatoms. The molecule has 94 valence electrons. The second-order valence-electron chi connectivity index (χ2n) is 3.87. The molecule has 0 bridgehead atoms. The van der Waals surface area contributed by atoms with Crippen LogP contribution in [0.15, 0.2) is 17.1 Å². The topological polar surface area (TPSA) is 91.9 Å². The fourth-order valence-electron chi connectivity index (χ4n) is 1.79. The predicted octanol–water partition coefficient (Wildman–Crippen LogP) is -0.201. The molecule has 2 heterocycles. The first-order valence-electron chi connectivity index (χ1n) is 5.08. The summed E-state index contributed by atoms with van der Waals surface area (Å²) in [7, 11) is 0. The van der Waals surface area contributed by atoms with Crippen LogP contribution in [-0.2, 0) is 4.74 Å². The third-order valence-electron chi connectivity index (χ3n) is 2.71. The molecule has 1 aromatic heterocycles. The number of rotatable bonds is 2. The summed E-state index contributed by atoms with van der Waals surface area (Å²) < 4.78 is 7.19. The molecule has 6 nitrogen and oxygen atoms in total. The summed E-state index contributed by atoms with van der Waals surface area (Å²) in [4.78, 5) is 11.7. The Morgan fingerprint density at radius 1 is 1.59 bits per heavy atom. The molecule has 0 aromatic carbocycles. The molecule has 1 fully saturated rings. The molecule has 3 N–H and O–H groups in total. The van der Waals surface area contributed by atoms with E-state index in [1.807, 2.05) is 22.6 Å². The van der Waals surface area contributed by atoms with Gasteiger partial charge in [0.2, 0.25) is 0 Å². The SMILES string of the molecule is O=c1cc(O)c(I)cn1[C@H]1C[C@H](O)[C@@H](CO)O1. The van der Waals surface area contributed by atoms with Crippen molar-refractivity contribution in [2.24, 2.45) is 0 Å². The van der Waals surface area contributed by atoms with Gasteiger partial charge in [0.05, 0.1) is 16.3 Å². The molecule has 1 aromatic rings. The fourth-order valence-corrected chi connectivity index (χ4v) is 2.24. The quantitative estimate of drug-likeness (QED) is 0.641. The number of aliphatic hydroxyl groups excluding tert-OH is 2. The van der Waals surface area contributed by atoms with Gasteiger partial charge in [-0.3, -0.25) is 9.36 Å². The predicted molar refractivity (Wildman–Crippen MR) is 66.7 cm³/mol. The van der Waals surface area contributed by atoms with Gasteiger partial charge < -0.3 is 20.1 Å². The van der Waals surface area contributed by atoms with Crippen molar-refractivity contribution in [2.45, 2.75) is 24.9 Å². The second-order valence-corrected chi connectivity index (χ2v) is 5.03. The Balaban J connectivity index is 2.30. The number of aliphatic hydroxyl groups is 2. The van der Waals surface area contributed by atoms with Gasteiger partial charge in [-0.05, 0) is 22.6 Å². The summed E-state index contributed by atoms with van der Waals surface area (Å²) in [5.41, 5.74) is -0.404. The molecule has 0 unspecified atom stereocenters. The fraction of sp³-hybridized carbons (Fsp3) is 0.500. The Morgan fingerprint density at radius 2 is 2.29 bits per heavy atom. The van der Waals surface area contributed by atoms with Gasteiger partial charge in [-0.2, -0.15) is 0 Å². The Labute approximate surface area is 111 Å². The summed E-state index contributed by atoms with van der Waals surface area (Å²) in [6, 6.07) is 1.10. The maximum atomic E-state index is 11.7. The summed E-state index contributed by atoms with van der Waals surface area (Å²) in [6.45, 7) is -0.290. The summed E-state index contributed by atoms with van der Waals surface area (Å²) in [6.07, 6.45) is -0.355. The van der Waals surface area contributed by atoms with Crippen LogP contribution in [0.5, 0.6) is 5.75 Å². The first-order valence-corrected chi connectivity index (χ1v) is 6.16. The zero-order valence-electron chi connectivity index (χ0n) is 8.78. The Morgan fingerprint density at radius 3 is 2.88 bits per heavy atom. The van der Waals surface area contributed by atoms with Crippen molar-refractivity contribution in [1.29, 1.82) is 0 Å². The maximum absolute atomic E-state index is 11.7. The zero-order valence-corrected chi connectivity index (χ0v) is 10.9. The number of aromatic hydroxyl groups is 1. The highest BCUT2D eigenvalue weighted by Crippen LogP contribution is 2.28. The summed E-state index contributed by atoms with van der Waals surface area (Å²) in [5.74, 6) is -0.0795. The van der Waals surface area contributed by atoms with Crippen molar-refractivity contribution in [3.8, 4) is 5.75 Å². The van der Waals surface area contributed by atoms with E-state index in [0.717, 1.165) is 6.07 Å². The number of halogens is 1. The highest BCUT2D eigenvalue weighted by atomic mass is 127. The average molecular weight is 353 g/mol. The van der Waals surface area contributed by atoms with Gasteiger partial charge in [-0.1, -0.05) is 0 Å². The van der Waals surface area contributed by atoms with E-state index in [0.29, 0.717) is 3.57 Å². The lowest BCUT2D eigenvalue weighted by molar-refractivity contribution is -0.0455. The Hall–Kier alpha value is -0.640. The molecule has 1 aliphatic rings. The van der Waals surface area contributed by atoms with Crippen LogP contribution in [-0.4, -0.2) is 38.7 Å². The van der Waals surface area contributed by atoms with Crippen molar-refractivity contribution in [3.05, 3.63) is 26.2 Å². The highest BCUT2D eigenvalue weighted by Gasteiger charge is 2.34. The van der Waals surface area contributed by atoms with Gasteiger partial charge in [0, 0.05) is 18.7 Å². The van der Waals surface area contributed by atoms with E-state index in [2.05, 4.69) is 0 Å². The molecular weight excluding hydrogens is 341 g/mol. The van der Waals surface area contributed by atoms with Crippen LogP contribution in [0, 0.1) is 3.57 Å².